The molecule has 2 aromatic rings. The van der Waals surface area contributed by atoms with Crippen LogP contribution in [0.1, 0.15) is 47.6 Å². The number of hydrogen-bond acceptors (Lipinski definition) is 2. The molecule has 3 heteroatoms. The molecule has 108 valence electrons. The van der Waals surface area contributed by atoms with E-state index >= 15 is 0 Å². The van der Waals surface area contributed by atoms with Gasteiger partial charge in [0.2, 0.25) is 0 Å². The normalized spacial score (nSPS) is 12.7. The third kappa shape index (κ3) is 3.33. The van der Waals surface area contributed by atoms with Gasteiger partial charge in [-0.25, -0.2) is 0 Å². The maximum Gasteiger partial charge on any atom is 0.106 e. The van der Waals surface area contributed by atoms with Crippen molar-refractivity contribution < 1.29 is 4.42 Å². The predicted molar refractivity (Wildman–Crippen MR) is 87.2 cm³/mol. The minimum atomic E-state index is 0.169. The summed E-state index contributed by atoms with van der Waals surface area (Å²) < 4.78 is 6.85. The third-order valence-corrected chi connectivity index (χ3v) is 4.14. The number of halogens is 1. The van der Waals surface area contributed by atoms with Crippen molar-refractivity contribution in [3.05, 3.63) is 56.9 Å². The van der Waals surface area contributed by atoms with E-state index in [1.165, 1.54) is 16.7 Å². The second kappa shape index (κ2) is 6.59. The van der Waals surface area contributed by atoms with Crippen molar-refractivity contribution in [1.82, 2.24) is 5.32 Å². The van der Waals surface area contributed by atoms with E-state index in [-0.39, 0.29) is 6.04 Å². The Kier molecular flexibility index (Phi) is 5.06. The smallest absolute Gasteiger partial charge is 0.106 e. The van der Waals surface area contributed by atoms with E-state index in [0.717, 1.165) is 29.0 Å². The van der Waals surface area contributed by atoms with Crippen molar-refractivity contribution in [3.8, 4) is 0 Å². The summed E-state index contributed by atoms with van der Waals surface area (Å²) in [5, 5.41) is 3.63. The molecule has 0 aliphatic heterocycles. The van der Waals surface area contributed by atoms with Gasteiger partial charge in [0.05, 0.1) is 6.04 Å². The number of benzene rings is 1. The summed E-state index contributed by atoms with van der Waals surface area (Å²) >= 11 is 3.70. The summed E-state index contributed by atoms with van der Waals surface area (Å²) in [5.41, 5.74) is 3.74. The zero-order chi connectivity index (χ0) is 14.7. The molecule has 2 rings (SSSR count). The maximum absolute atomic E-state index is 5.71. The summed E-state index contributed by atoms with van der Waals surface area (Å²) in [5.74, 6) is 1.95. The van der Waals surface area contributed by atoms with Gasteiger partial charge in [0, 0.05) is 10.0 Å². The van der Waals surface area contributed by atoms with E-state index < -0.39 is 0 Å². The lowest BCUT2D eigenvalue weighted by molar-refractivity contribution is 0.493. The second-order valence-electron chi connectivity index (χ2n) is 5.28. The highest BCUT2D eigenvalue weighted by atomic mass is 79.9. The summed E-state index contributed by atoms with van der Waals surface area (Å²) in [6, 6.07) is 8.81. The van der Waals surface area contributed by atoms with Crippen LogP contribution < -0.4 is 5.32 Å². The SMILES string of the molecule is CCCNC(c1ccc(C)cc1Br)c1cc(C)oc1C. The Bertz CT molecular complexity index is 589. The Morgan fingerprint density at radius 2 is 1.90 bits per heavy atom. The molecule has 0 fully saturated rings. The van der Waals surface area contributed by atoms with E-state index in [2.05, 4.69) is 59.4 Å². The average molecular weight is 336 g/mol. The van der Waals surface area contributed by atoms with Gasteiger partial charge in [-0.3, -0.25) is 0 Å². The molecule has 0 radical (unpaired) electrons. The van der Waals surface area contributed by atoms with Gasteiger partial charge in [0.25, 0.3) is 0 Å². The van der Waals surface area contributed by atoms with Crippen LogP contribution in [0, 0.1) is 20.8 Å². The van der Waals surface area contributed by atoms with Crippen LogP contribution in [0.2, 0.25) is 0 Å². The first kappa shape index (κ1) is 15.3. The van der Waals surface area contributed by atoms with Crippen LogP contribution in [0.25, 0.3) is 0 Å². The molecule has 0 aliphatic rings. The van der Waals surface area contributed by atoms with E-state index in [1.807, 2.05) is 13.8 Å². The number of rotatable bonds is 5. The minimum Gasteiger partial charge on any atom is -0.466 e. The Balaban J connectivity index is 2.44. The monoisotopic (exact) mass is 335 g/mol. The van der Waals surface area contributed by atoms with E-state index in [0.29, 0.717) is 0 Å². The first-order chi connectivity index (χ1) is 9.52. The summed E-state index contributed by atoms with van der Waals surface area (Å²) in [6.07, 6.45) is 1.11. The molecule has 0 amide bonds. The average Bonchev–Trinajstić information content (AvgIpc) is 2.71. The molecule has 1 unspecified atom stereocenters. The standard InChI is InChI=1S/C17H22BrNO/c1-5-8-19-17(15-10-12(3)20-13(15)4)14-7-6-11(2)9-16(14)18/h6-7,9-10,17,19H,5,8H2,1-4H3. The minimum absolute atomic E-state index is 0.169. The second-order valence-corrected chi connectivity index (χ2v) is 6.14. The van der Waals surface area contributed by atoms with E-state index in [4.69, 9.17) is 4.42 Å². The van der Waals surface area contributed by atoms with Crippen molar-refractivity contribution in [1.29, 1.82) is 0 Å². The van der Waals surface area contributed by atoms with Gasteiger partial charge in [-0.2, -0.15) is 0 Å². The molecule has 2 nitrogen and oxygen atoms in total. The lowest BCUT2D eigenvalue weighted by Crippen LogP contribution is -2.23. The Labute approximate surface area is 129 Å². The molecule has 20 heavy (non-hydrogen) atoms. The number of hydrogen-bond donors (Lipinski definition) is 1. The fourth-order valence-corrected chi connectivity index (χ4v) is 3.20. The molecule has 1 heterocycles. The molecule has 0 spiro atoms. The van der Waals surface area contributed by atoms with Crippen molar-refractivity contribution in [2.75, 3.05) is 6.54 Å². The Hall–Kier alpha value is -1.06. The molecule has 0 bridgehead atoms. The van der Waals surface area contributed by atoms with E-state index in [9.17, 15) is 0 Å². The highest BCUT2D eigenvalue weighted by molar-refractivity contribution is 9.10. The fourth-order valence-electron chi connectivity index (χ4n) is 2.48. The van der Waals surface area contributed by atoms with Gasteiger partial charge in [-0.15, -0.1) is 0 Å². The van der Waals surface area contributed by atoms with Gasteiger partial charge in [0.1, 0.15) is 11.5 Å². The van der Waals surface area contributed by atoms with Crippen LogP contribution in [0.4, 0.5) is 0 Å². The van der Waals surface area contributed by atoms with Gasteiger partial charge in [-0.05, 0) is 57.0 Å². The van der Waals surface area contributed by atoms with Crippen LogP contribution >= 0.6 is 15.9 Å². The zero-order valence-electron chi connectivity index (χ0n) is 12.6. The molecular weight excluding hydrogens is 314 g/mol. The fraction of sp³-hybridized carbons (Fsp3) is 0.412. The van der Waals surface area contributed by atoms with Crippen molar-refractivity contribution in [2.24, 2.45) is 0 Å². The van der Waals surface area contributed by atoms with E-state index in [1.54, 1.807) is 0 Å². The van der Waals surface area contributed by atoms with Crippen molar-refractivity contribution in [2.45, 2.75) is 40.2 Å². The predicted octanol–water partition coefficient (Wildman–Crippen LogP) is 5.06. The molecular formula is C17H22BrNO. The molecule has 1 aromatic carbocycles. The molecule has 1 atom stereocenters. The molecule has 0 saturated carbocycles. The summed E-state index contributed by atoms with van der Waals surface area (Å²) in [4.78, 5) is 0. The zero-order valence-corrected chi connectivity index (χ0v) is 14.2. The highest BCUT2D eigenvalue weighted by Gasteiger charge is 2.20. The van der Waals surface area contributed by atoms with Crippen LogP contribution in [0.3, 0.4) is 0 Å². The van der Waals surface area contributed by atoms with Gasteiger partial charge >= 0.3 is 0 Å². The van der Waals surface area contributed by atoms with Crippen LogP contribution in [-0.2, 0) is 0 Å². The summed E-state index contributed by atoms with van der Waals surface area (Å²) in [7, 11) is 0. The largest absolute Gasteiger partial charge is 0.466 e. The quantitative estimate of drug-likeness (QED) is 0.826. The third-order valence-electron chi connectivity index (χ3n) is 3.46. The van der Waals surface area contributed by atoms with Gasteiger partial charge in [0.15, 0.2) is 0 Å². The molecule has 0 saturated heterocycles. The highest BCUT2D eigenvalue weighted by Crippen LogP contribution is 2.32. The lowest BCUT2D eigenvalue weighted by atomic mass is 9.98. The first-order valence-electron chi connectivity index (χ1n) is 7.09. The Morgan fingerprint density at radius 3 is 2.45 bits per heavy atom. The lowest BCUT2D eigenvalue weighted by Gasteiger charge is -2.20. The molecule has 0 aliphatic carbocycles. The van der Waals surface area contributed by atoms with Crippen LogP contribution in [0.5, 0.6) is 0 Å². The number of furan rings is 1. The molecule has 1 N–H and O–H groups in total. The van der Waals surface area contributed by atoms with Crippen LogP contribution in [-0.4, -0.2) is 6.54 Å². The maximum atomic E-state index is 5.71. The number of aryl methyl sites for hydroxylation is 3. The van der Waals surface area contributed by atoms with Crippen molar-refractivity contribution in [3.63, 3.8) is 0 Å². The summed E-state index contributed by atoms with van der Waals surface area (Å²) in [6.45, 7) is 9.30. The topological polar surface area (TPSA) is 25.2 Å². The van der Waals surface area contributed by atoms with Crippen LogP contribution in [0.15, 0.2) is 33.2 Å². The van der Waals surface area contributed by atoms with Crippen molar-refractivity contribution >= 4 is 15.9 Å². The van der Waals surface area contributed by atoms with Gasteiger partial charge in [-0.1, -0.05) is 35.0 Å². The number of nitrogens with one attached hydrogen (secondary N) is 1. The Morgan fingerprint density at radius 1 is 1.15 bits per heavy atom. The van der Waals surface area contributed by atoms with Gasteiger partial charge < -0.3 is 9.73 Å². The molecule has 1 aromatic heterocycles. The first-order valence-corrected chi connectivity index (χ1v) is 7.88.